The minimum atomic E-state index is 1.12. The summed E-state index contributed by atoms with van der Waals surface area (Å²) in [6.07, 6.45) is 9.80. The Labute approximate surface area is 343 Å². The number of benzene rings is 4. The van der Waals surface area contributed by atoms with Gasteiger partial charge in [-0.2, -0.15) is 0 Å². The molecule has 0 N–H and O–H groups in total. The number of hydrogen-bond donors (Lipinski definition) is 0. The maximum absolute atomic E-state index is 2.59. The summed E-state index contributed by atoms with van der Waals surface area (Å²) in [6, 6.07) is 37.1. The number of aryl methyl sites for hydroxylation is 2. The molecule has 0 radical (unpaired) electrons. The number of hydrogen-bond acceptors (Lipinski definition) is 6. The average molecular weight is 791 g/mol. The van der Waals surface area contributed by atoms with Gasteiger partial charge < -0.3 is 9.80 Å². The molecule has 4 aromatic carbocycles. The Bertz CT molecular complexity index is 1750. The lowest BCUT2D eigenvalue weighted by Gasteiger charge is -2.25. The first-order valence-corrected chi connectivity index (χ1v) is 23.5. The number of unbranched alkanes of at least 4 members (excludes halogenated alkanes) is 4. The molecule has 0 amide bonds. The molecule has 6 heteroatoms. The van der Waals surface area contributed by atoms with Crippen molar-refractivity contribution in [3.05, 3.63) is 139 Å². The molecule has 0 atom stereocenters. The van der Waals surface area contributed by atoms with Gasteiger partial charge in [-0.05, 0) is 86.1 Å². The van der Waals surface area contributed by atoms with Crippen LogP contribution in [0.5, 0.6) is 0 Å². The van der Waals surface area contributed by atoms with Gasteiger partial charge in [-0.1, -0.05) is 184 Å². The molecule has 0 fully saturated rings. The van der Waals surface area contributed by atoms with E-state index in [-0.39, 0.29) is 0 Å². The monoisotopic (exact) mass is 790 g/mol. The molecule has 0 spiro atoms. The molecule has 6 rings (SSSR count). The highest BCUT2D eigenvalue weighted by molar-refractivity contribution is 8.39. The maximum atomic E-state index is 2.59. The molecule has 284 valence electrons. The standard InChI is InChI=1S/C48H58N2S4/c1-7-11-31-49(32-12-8-2)41-27-23-39(24-28-41)45-46(40-25-29-42(30-26-40)50(33-13-9-3)34-14-10-4)54-48(53-45)47-51-43(37-19-15-35(5)16-20-37)44(52-47)38-21-17-36(6)18-22-38/h15-30H,7-14,31-34H2,1-6H3. The van der Waals surface area contributed by atoms with Crippen LogP contribution in [0.2, 0.25) is 0 Å². The molecular formula is C48H58N2S4. The van der Waals surface area contributed by atoms with E-state index < -0.39 is 0 Å². The number of rotatable bonds is 18. The largest absolute Gasteiger partial charge is 0.372 e. The van der Waals surface area contributed by atoms with Gasteiger partial charge in [0.25, 0.3) is 0 Å². The van der Waals surface area contributed by atoms with Gasteiger partial charge in [-0.15, -0.1) is 0 Å². The van der Waals surface area contributed by atoms with E-state index in [1.165, 1.54) is 124 Å². The third-order valence-corrected chi connectivity index (χ3v) is 16.0. The van der Waals surface area contributed by atoms with Crippen molar-refractivity contribution < 1.29 is 0 Å². The van der Waals surface area contributed by atoms with Gasteiger partial charge in [-0.25, -0.2) is 0 Å². The molecule has 4 aromatic rings. The lowest BCUT2D eigenvalue weighted by Crippen LogP contribution is -2.25. The Morgan fingerprint density at radius 3 is 0.833 bits per heavy atom. The Morgan fingerprint density at radius 2 is 0.593 bits per heavy atom. The topological polar surface area (TPSA) is 6.48 Å². The summed E-state index contributed by atoms with van der Waals surface area (Å²) in [6.45, 7) is 18.0. The highest BCUT2D eigenvalue weighted by Crippen LogP contribution is 2.66. The zero-order valence-corrected chi connectivity index (χ0v) is 36.5. The molecule has 2 aliphatic rings. The van der Waals surface area contributed by atoms with E-state index in [4.69, 9.17) is 0 Å². The molecule has 0 aromatic heterocycles. The van der Waals surface area contributed by atoms with Crippen LogP contribution in [-0.2, 0) is 0 Å². The van der Waals surface area contributed by atoms with Crippen molar-refractivity contribution in [2.24, 2.45) is 0 Å². The highest BCUT2D eigenvalue weighted by Gasteiger charge is 2.32. The van der Waals surface area contributed by atoms with Crippen LogP contribution in [0.25, 0.3) is 19.6 Å². The van der Waals surface area contributed by atoms with Crippen molar-refractivity contribution in [2.75, 3.05) is 36.0 Å². The van der Waals surface area contributed by atoms with Crippen LogP contribution in [0.1, 0.15) is 112 Å². The van der Waals surface area contributed by atoms with Crippen LogP contribution in [0.15, 0.2) is 106 Å². The van der Waals surface area contributed by atoms with E-state index in [9.17, 15) is 0 Å². The first-order valence-electron chi connectivity index (χ1n) is 20.2. The predicted molar refractivity (Wildman–Crippen MR) is 250 cm³/mol. The SMILES string of the molecule is CCCCN(CCCC)c1ccc(C2=C(c3ccc(N(CCCC)CCCC)cc3)SC(=C3SC(c4ccc(C)cc4)=C(c4ccc(C)cc4)S3)S2)cc1. The van der Waals surface area contributed by atoms with Crippen LogP contribution in [0.4, 0.5) is 11.4 Å². The summed E-state index contributed by atoms with van der Waals surface area (Å²) in [4.78, 5) is 10.6. The second-order valence-corrected chi connectivity index (χ2v) is 19.1. The van der Waals surface area contributed by atoms with Crippen LogP contribution < -0.4 is 9.80 Å². The second kappa shape index (κ2) is 20.3. The highest BCUT2D eigenvalue weighted by atomic mass is 32.2. The first kappa shape index (κ1) is 40.8. The molecule has 0 saturated carbocycles. The molecule has 2 heterocycles. The van der Waals surface area contributed by atoms with E-state index in [0.717, 1.165) is 26.2 Å². The Balaban J connectivity index is 1.36. The normalized spacial score (nSPS) is 14.5. The lowest BCUT2D eigenvalue weighted by atomic mass is 10.1. The van der Waals surface area contributed by atoms with Gasteiger partial charge >= 0.3 is 0 Å². The summed E-state index contributed by atoms with van der Waals surface area (Å²) in [5, 5.41) is 0. The van der Waals surface area contributed by atoms with Gasteiger partial charge in [0.15, 0.2) is 0 Å². The molecule has 0 bridgehead atoms. The van der Waals surface area contributed by atoms with Crippen molar-refractivity contribution in [3.8, 4) is 0 Å². The van der Waals surface area contributed by atoms with Crippen molar-refractivity contribution in [3.63, 3.8) is 0 Å². The van der Waals surface area contributed by atoms with Crippen LogP contribution in [0.3, 0.4) is 0 Å². The Kier molecular flexibility index (Phi) is 15.3. The van der Waals surface area contributed by atoms with E-state index >= 15 is 0 Å². The summed E-state index contributed by atoms with van der Waals surface area (Å²) in [5.74, 6) is 0. The fourth-order valence-electron chi connectivity index (χ4n) is 6.72. The Hall–Kier alpha value is -2.90. The number of thioether (sulfide) groups is 4. The third kappa shape index (κ3) is 10.3. The fraction of sp³-hybridized carbons (Fsp3) is 0.375. The molecule has 54 heavy (non-hydrogen) atoms. The summed E-state index contributed by atoms with van der Waals surface area (Å²) in [7, 11) is 0. The third-order valence-electron chi connectivity index (χ3n) is 10.1. The molecule has 2 aliphatic heterocycles. The molecular weight excluding hydrogens is 733 g/mol. The van der Waals surface area contributed by atoms with E-state index in [2.05, 4.69) is 148 Å². The molecule has 0 unspecified atom stereocenters. The van der Waals surface area contributed by atoms with Gasteiger partial charge in [0, 0.05) is 57.2 Å². The summed E-state index contributed by atoms with van der Waals surface area (Å²) < 4.78 is 2.77. The smallest absolute Gasteiger partial charge is 0.0707 e. The average Bonchev–Trinajstić information content (AvgIpc) is 3.85. The minimum Gasteiger partial charge on any atom is -0.372 e. The fourth-order valence-corrected chi connectivity index (χ4v) is 12.5. The van der Waals surface area contributed by atoms with Crippen molar-refractivity contribution in [1.82, 2.24) is 0 Å². The quantitative estimate of drug-likeness (QED) is 0.0983. The Morgan fingerprint density at radius 1 is 0.352 bits per heavy atom. The summed E-state index contributed by atoms with van der Waals surface area (Å²) >= 11 is 7.84. The van der Waals surface area contributed by atoms with Gasteiger partial charge in [0.1, 0.15) is 0 Å². The zero-order chi connectivity index (χ0) is 37.9. The minimum absolute atomic E-state index is 1.12. The number of anilines is 2. The van der Waals surface area contributed by atoms with Crippen LogP contribution in [-0.4, -0.2) is 26.2 Å². The van der Waals surface area contributed by atoms with E-state index in [1.807, 2.05) is 47.0 Å². The van der Waals surface area contributed by atoms with Crippen LogP contribution in [0, 0.1) is 13.8 Å². The van der Waals surface area contributed by atoms with Crippen molar-refractivity contribution in [2.45, 2.75) is 92.9 Å². The van der Waals surface area contributed by atoms with Gasteiger partial charge in [0.2, 0.25) is 0 Å². The zero-order valence-electron chi connectivity index (χ0n) is 33.3. The molecule has 0 aliphatic carbocycles. The number of nitrogens with zero attached hydrogens (tertiary/aromatic N) is 2. The van der Waals surface area contributed by atoms with E-state index in [0.29, 0.717) is 0 Å². The summed E-state index contributed by atoms with van der Waals surface area (Å²) in [5.41, 5.74) is 10.5. The maximum Gasteiger partial charge on any atom is 0.0707 e. The van der Waals surface area contributed by atoms with E-state index in [1.54, 1.807) is 0 Å². The van der Waals surface area contributed by atoms with Gasteiger partial charge in [0.05, 0.1) is 8.47 Å². The van der Waals surface area contributed by atoms with Crippen molar-refractivity contribution in [1.29, 1.82) is 0 Å². The second-order valence-electron chi connectivity index (χ2n) is 14.5. The van der Waals surface area contributed by atoms with Crippen LogP contribution >= 0.6 is 47.0 Å². The predicted octanol–water partition coefficient (Wildman–Crippen LogP) is 15.6. The first-order chi connectivity index (χ1) is 26.4. The van der Waals surface area contributed by atoms with Crippen molar-refractivity contribution >= 4 is 78.0 Å². The molecule has 2 nitrogen and oxygen atoms in total. The lowest BCUT2D eigenvalue weighted by molar-refractivity contribution is 0.678. The van der Waals surface area contributed by atoms with Gasteiger partial charge in [-0.3, -0.25) is 0 Å². The molecule has 0 saturated heterocycles.